The molecule has 22 heavy (non-hydrogen) atoms. The van der Waals surface area contributed by atoms with Crippen LogP contribution in [0.3, 0.4) is 0 Å². The Hall–Kier alpha value is -1.64. The minimum atomic E-state index is 0. The molecule has 2 rings (SSSR count). The van der Waals surface area contributed by atoms with Crippen LogP contribution in [0.25, 0.3) is 5.82 Å². The quantitative estimate of drug-likeness (QED) is 0.463. The molecule has 0 aliphatic heterocycles. The van der Waals surface area contributed by atoms with E-state index >= 15 is 0 Å². The third-order valence-corrected chi connectivity index (χ3v) is 3.39. The zero-order valence-corrected chi connectivity index (χ0v) is 15.6. The van der Waals surface area contributed by atoms with Crippen molar-refractivity contribution in [3.8, 4) is 5.82 Å². The summed E-state index contributed by atoms with van der Waals surface area (Å²) in [6, 6.07) is 3.98. The number of imidazole rings is 1. The van der Waals surface area contributed by atoms with Crippen molar-refractivity contribution in [1.29, 1.82) is 0 Å². The Kier molecular flexibility index (Phi) is 7.30. The van der Waals surface area contributed by atoms with Crippen molar-refractivity contribution in [1.82, 2.24) is 19.4 Å². The molecular formula is C15H23IN6. The molecule has 120 valence electrons. The van der Waals surface area contributed by atoms with Crippen molar-refractivity contribution >= 4 is 29.9 Å². The molecule has 0 aliphatic carbocycles. The van der Waals surface area contributed by atoms with E-state index in [1.165, 1.54) is 0 Å². The first-order valence-corrected chi connectivity index (χ1v) is 7.15. The van der Waals surface area contributed by atoms with Crippen LogP contribution in [0, 0.1) is 6.92 Å². The van der Waals surface area contributed by atoms with E-state index in [4.69, 9.17) is 5.73 Å². The van der Waals surface area contributed by atoms with Gasteiger partial charge in [0.15, 0.2) is 5.96 Å². The Bertz CT molecular complexity index is 601. The number of nitrogens with two attached hydrogens (primary N) is 1. The summed E-state index contributed by atoms with van der Waals surface area (Å²) in [6.45, 7) is 8.35. The van der Waals surface area contributed by atoms with Crippen LogP contribution in [0.4, 0.5) is 0 Å². The number of pyridine rings is 1. The summed E-state index contributed by atoms with van der Waals surface area (Å²) in [4.78, 5) is 15.1. The standard InChI is InChI=1S/C15H22N6.HI/c1-4-20(5-2)15(16)19-11-13-6-7-14(18-10-13)21-9-8-17-12(21)3;/h6-10H,4-5,11H2,1-3H3,(H2,16,19);1H. The molecule has 2 aromatic heterocycles. The van der Waals surface area contributed by atoms with E-state index in [1.807, 2.05) is 40.9 Å². The normalized spacial score (nSPS) is 11.1. The number of hydrogen-bond donors (Lipinski definition) is 1. The van der Waals surface area contributed by atoms with Crippen LogP contribution in [0.1, 0.15) is 25.2 Å². The lowest BCUT2D eigenvalue weighted by Crippen LogP contribution is -2.37. The van der Waals surface area contributed by atoms with Crippen molar-refractivity contribution in [3.05, 3.63) is 42.1 Å². The number of aliphatic imine (C=N–C) groups is 1. The molecule has 6 nitrogen and oxygen atoms in total. The third-order valence-electron chi connectivity index (χ3n) is 3.39. The Balaban J connectivity index is 0.00000242. The number of rotatable bonds is 5. The monoisotopic (exact) mass is 414 g/mol. The largest absolute Gasteiger partial charge is 0.370 e. The van der Waals surface area contributed by atoms with Gasteiger partial charge in [-0.05, 0) is 32.4 Å². The van der Waals surface area contributed by atoms with Crippen LogP contribution >= 0.6 is 24.0 Å². The number of halogens is 1. The molecule has 2 heterocycles. The van der Waals surface area contributed by atoms with E-state index in [9.17, 15) is 0 Å². The van der Waals surface area contributed by atoms with Crippen molar-refractivity contribution < 1.29 is 0 Å². The zero-order valence-electron chi connectivity index (χ0n) is 13.2. The molecule has 2 N–H and O–H groups in total. The summed E-state index contributed by atoms with van der Waals surface area (Å²) in [6.07, 6.45) is 5.49. The minimum absolute atomic E-state index is 0. The molecule has 0 radical (unpaired) electrons. The van der Waals surface area contributed by atoms with Gasteiger partial charge in [-0.25, -0.2) is 15.0 Å². The predicted octanol–water partition coefficient (Wildman–Crippen LogP) is 2.35. The summed E-state index contributed by atoms with van der Waals surface area (Å²) in [7, 11) is 0. The second kappa shape index (κ2) is 8.72. The molecule has 0 aromatic carbocycles. The molecule has 0 saturated heterocycles. The van der Waals surface area contributed by atoms with Gasteiger partial charge in [-0.3, -0.25) is 4.57 Å². The van der Waals surface area contributed by atoms with Gasteiger partial charge in [-0.15, -0.1) is 24.0 Å². The van der Waals surface area contributed by atoms with Crippen molar-refractivity contribution in [3.63, 3.8) is 0 Å². The van der Waals surface area contributed by atoms with Gasteiger partial charge in [0.05, 0.1) is 6.54 Å². The summed E-state index contributed by atoms with van der Waals surface area (Å²) in [5.74, 6) is 2.35. The Morgan fingerprint density at radius 1 is 1.27 bits per heavy atom. The highest BCUT2D eigenvalue weighted by Gasteiger charge is 2.03. The highest BCUT2D eigenvalue weighted by molar-refractivity contribution is 14.0. The van der Waals surface area contributed by atoms with E-state index in [-0.39, 0.29) is 24.0 Å². The van der Waals surface area contributed by atoms with E-state index < -0.39 is 0 Å². The Morgan fingerprint density at radius 3 is 2.50 bits per heavy atom. The lowest BCUT2D eigenvalue weighted by molar-refractivity contribution is 0.458. The van der Waals surface area contributed by atoms with Crippen LogP contribution in [-0.2, 0) is 6.54 Å². The summed E-state index contributed by atoms with van der Waals surface area (Å²) >= 11 is 0. The topological polar surface area (TPSA) is 72.3 Å². The van der Waals surface area contributed by atoms with Crippen molar-refractivity contribution in [2.24, 2.45) is 10.7 Å². The smallest absolute Gasteiger partial charge is 0.191 e. The first-order valence-electron chi connectivity index (χ1n) is 7.15. The number of aryl methyl sites for hydroxylation is 1. The highest BCUT2D eigenvalue weighted by atomic mass is 127. The predicted molar refractivity (Wildman–Crippen MR) is 99.8 cm³/mol. The number of guanidine groups is 1. The van der Waals surface area contributed by atoms with Crippen molar-refractivity contribution in [2.45, 2.75) is 27.3 Å². The molecular weight excluding hydrogens is 391 g/mol. The van der Waals surface area contributed by atoms with Gasteiger partial charge < -0.3 is 10.6 Å². The van der Waals surface area contributed by atoms with Gasteiger partial charge >= 0.3 is 0 Å². The van der Waals surface area contributed by atoms with Crippen LogP contribution < -0.4 is 5.73 Å². The van der Waals surface area contributed by atoms with E-state index in [1.54, 1.807) is 6.20 Å². The fourth-order valence-electron chi connectivity index (χ4n) is 2.09. The zero-order chi connectivity index (χ0) is 15.2. The van der Waals surface area contributed by atoms with Crippen LogP contribution in [0.5, 0.6) is 0 Å². The van der Waals surface area contributed by atoms with E-state index in [2.05, 4.69) is 28.8 Å². The van der Waals surface area contributed by atoms with Crippen LogP contribution in [0.15, 0.2) is 35.7 Å². The molecule has 0 fully saturated rings. The molecule has 2 aromatic rings. The second-order valence-corrected chi connectivity index (χ2v) is 4.72. The first kappa shape index (κ1) is 18.4. The maximum atomic E-state index is 5.96. The second-order valence-electron chi connectivity index (χ2n) is 4.72. The van der Waals surface area contributed by atoms with Gasteiger partial charge in [0.1, 0.15) is 11.6 Å². The van der Waals surface area contributed by atoms with Gasteiger partial charge in [-0.1, -0.05) is 6.07 Å². The third kappa shape index (κ3) is 4.43. The van der Waals surface area contributed by atoms with E-state index in [0.717, 1.165) is 30.3 Å². The van der Waals surface area contributed by atoms with Crippen LogP contribution in [-0.4, -0.2) is 38.5 Å². The molecule has 0 aliphatic rings. The molecule has 0 bridgehead atoms. The van der Waals surface area contributed by atoms with Crippen LogP contribution in [0.2, 0.25) is 0 Å². The fourth-order valence-corrected chi connectivity index (χ4v) is 2.09. The lowest BCUT2D eigenvalue weighted by Gasteiger charge is -2.19. The van der Waals surface area contributed by atoms with Gasteiger partial charge in [0.25, 0.3) is 0 Å². The SMILES string of the molecule is CCN(CC)C(N)=NCc1ccc(-n2ccnc2C)nc1.I. The summed E-state index contributed by atoms with van der Waals surface area (Å²) in [5.41, 5.74) is 6.99. The number of aromatic nitrogens is 3. The molecule has 0 saturated carbocycles. The molecule has 0 amide bonds. The molecule has 0 unspecified atom stereocenters. The summed E-state index contributed by atoms with van der Waals surface area (Å²) < 4.78 is 1.94. The number of hydrogen-bond acceptors (Lipinski definition) is 3. The highest BCUT2D eigenvalue weighted by Crippen LogP contribution is 2.09. The maximum absolute atomic E-state index is 5.96. The number of nitrogens with zero attached hydrogens (tertiary/aromatic N) is 5. The Labute approximate surface area is 148 Å². The first-order chi connectivity index (χ1) is 10.2. The van der Waals surface area contributed by atoms with E-state index in [0.29, 0.717) is 12.5 Å². The minimum Gasteiger partial charge on any atom is -0.370 e. The molecule has 0 spiro atoms. The Morgan fingerprint density at radius 2 is 2.00 bits per heavy atom. The van der Waals surface area contributed by atoms with Gasteiger partial charge in [-0.2, -0.15) is 0 Å². The fraction of sp³-hybridized carbons (Fsp3) is 0.400. The molecule has 7 heteroatoms. The van der Waals surface area contributed by atoms with Gasteiger partial charge in [0.2, 0.25) is 0 Å². The maximum Gasteiger partial charge on any atom is 0.191 e. The molecule has 0 atom stereocenters. The average molecular weight is 414 g/mol. The lowest BCUT2D eigenvalue weighted by atomic mass is 10.3. The van der Waals surface area contributed by atoms with Crippen molar-refractivity contribution in [2.75, 3.05) is 13.1 Å². The average Bonchev–Trinajstić information content (AvgIpc) is 2.93. The van der Waals surface area contributed by atoms with Gasteiger partial charge in [0, 0.05) is 31.7 Å². The summed E-state index contributed by atoms with van der Waals surface area (Å²) in [5, 5.41) is 0.